The maximum atomic E-state index is 13.5. The zero-order valence-electron chi connectivity index (χ0n) is 57.4. The summed E-state index contributed by atoms with van der Waals surface area (Å²) in [5.74, 6) is 4.92. The molecular formula is C76H124N4O10. The Morgan fingerprint density at radius 2 is 0.511 bits per heavy atom. The molecule has 0 bridgehead atoms. The molecule has 0 spiro atoms. The van der Waals surface area contributed by atoms with Crippen LogP contribution in [-0.2, 0) is 0 Å². The highest BCUT2D eigenvalue weighted by Gasteiger charge is 2.20. The highest BCUT2D eigenvalue weighted by atomic mass is 16.5. The molecule has 4 aromatic rings. The maximum absolute atomic E-state index is 13.5. The summed E-state index contributed by atoms with van der Waals surface area (Å²) in [6.07, 6.45) is 41.8. The van der Waals surface area contributed by atoms with Gasteiger partial charge >= 0.3 is 12.1 Å². The minimum absolute atomic E-state index is 0.232. The number of amides is 4. The number of nitrogens with one attached hydrogen (secondary N) is 4. The van der Waals surface area contributed by atoms with Crippen LogP contribution in [0.25, 0.3) is 10.8 Å². The van der Waals surface area contributed by atoms with Gasteiger partial charge < -0.3 is 59.2 Å². The normalized spacial score (nSPS) is 11.1. The van der Waals surface area contributed by atoms with Gasteiger partial charge in [-0.2, -0.15) is 0 Å². The fraction of sp³-hybridized carbons (Fsp3) is 0.684. The first-order valence-electron chi connectivity index (χ1n) is 36.3. The minimum Gasteiger partial charge on any atom is -0.491 e. The number of fused-ring (bicyclic) bond motifs is 1. The number of carbonyl (C=O) groups is 2. The first kappa shape index (κ1) is 76.5. The number of unbranched alkanes of at least 4 members (excludes halogenated alkanes) is 30. The van der Waals surface area contributed by atoms with Crippen LogP contribution in [0.1, 0.15) is 273 Å². The molecule has 4 aromatic carbocycles. The summed E-state index contributed by atoms with van der Waals surface area (Å²) in [6, 6.07) is 18.4. The van der Waals surface area contributed by atoms with Crippen LogP contribution in [-0.4, -0.2) is 78.0 Å². The second-order valence-electron chi connectivity index (χ2n) is 24.4. The summed E-state index contributed by atoms with van der Waals surface area (Å²) in [6.45, 7) is 17.8. The summed E-state index contributed by atoms with van der Waals surface area (Å²) in [5, 5.41) is 13.8. The number of benzene rings is 4. The molecule has 4 N–H and O–H groups in total. The number of anilines is 2. The van der Waals surface area contributed by atoms with Crippen LogP contribution < -0.4 is 59.2 Å². The first-order chi connectivity index (χ1) is 44.3. The summed E-state index contributed by atoms with van der Waals surface area (Å²) < 4.78 is 51.5. The third-order valence-electron chi connectivity index (χ3n) is 16.2. The molecule has 0 unspecified atom stereocenters. The van der Waals surface area contributed by atoms with Crippen molar-refractivity contribution in [3.63, 3.8) is 0 Å². The minimum atomic E-state index is -0.365. The van der Waals surface area contributed by atoms with Crippen molar-refractivity contribution >= 4 is 34.2 Å². The van der Waals surface area contributed by atoms with Gasteiger partial charge in [0.1, 0.15) is 24.7 Å². The van der Waals surface area contributed by atoms with Gasteiger partial charge in [0, 0.05) is 35.0 Å². The van der Waals surface area contributed by atoms with Crippen LogP contribution in [0.3, 0.4) is 0 Å². The molecule has 14 nitrogen and oxygen atoms in total. The third kappa shape index (κ3) is 33.9. The van der Waals surface area contributed by atoms with Crippen LogP contribution >= 0.6 is 0 Å². The summed E-state index contributed by atoms with van der Waals surface area (Å²) in [7, 11) is 0. The van der Waals surface area contributed by atoms with Gasteiger partial charge in [-0.15, -0.1) is 0 Å². The van der Waals surface area contributed by atoms with E-state index in [1.807, 2.05) is 60.7 Å². The molecular weight excluding hydrogens is 1130 g/mol. The highest BCUT2D eigenvalue weighted by molar-refractivity contribution is 5.93. The lowest BCUT2D eigenvalue weighted by Crippen LogP contribution is -2.32. The van der Waals surface area contributed by atoms with Crippen molar-refractivity contribution in [2.24, 2.45) is 0 Å². The molecule has 4 rings (SSSR count). The molecule has 0 radical (unpaired) electrons. The highest BCUT2D eigenvalue weighted by Crippen LogP contribution is 2.43. The predicted octanol–water partition coefficient (Wildman–Crippen LogP) is 21.7. The fourth-order valence-electron chi connectivity index (χ4n) is 10.9. The van der Waals surface area contributed by atoms with E-state index >= 15 is 0 Å². The lowest BCUT2D eigenvalue weighted by atomic mass is 10.1. The Bertz CT molecular complexity index is 2210. The first-order valence-corrected chi connectivity index (χ1v) is 36.3. The van der Waals surface area contributed by atoms with E-state index in [4.69, 9.17) is 37.9 Å². The number of hydrogen-bond donors (Lipinski definition) is 4. The topological polar surface area (TPSA) is 156 Å². The van der Waals surface area contributed by atoms with Crippen LogP contribution in [0.5, 0.6) is 46.0 Å². The van der Waals surface area contributed by atoms with Gasteiger partial charge in [0.05, 0.1) is 64.1 Å². The molecule has 0 atom stereocenters. The van der Waals surface area contributed by atoms with Gasteiger partial charge in [-0.3, -0.25) is 0 Å². The van der Waals surface area contributed by atoms with Crippen LogP contribution in [0, 0.1) is 0 Å². The predicted molar refractivity (Wildman–Crippen MR) is 375 cm³/mol. The SMILES string of the molecule is CCCCCCCCOc1cc(NC(=O)NCCOc2cccc3c(OCCNC(=O)Nc4cc(OCCCCCCCC)c(OCCCCCCCC)c(OCCCCCCCC)c4)cccc23)cc(OCCCCCCCC)c1OCCCCCCCC. The summed E-state index contributed by atoms with van der Waals surface area (Å²) in [5.41, 5.74) is 1.14. The third-order valence-corrected chi connectivity index (χ3v) is 16.2. The molecule has 0 heterocycles. The Morgan fingerprint density at radius 1 is 0.278 bits per heavy atom. The van der Waals surface area contributed by atoms with Crippen LogP contribution in [0.15, 0.2) is 60.7 Å². The molecule has 0 aliphatic rings. The Morgan fingerprint density at radius 3 is 0.778 bits per heavy atom. The summed E-state index contributed by atoms with van der Waals surface area (Å²) >= 11 is 0. The lowest BCUT2D eigenvalue weighted by molar-refractivity contribution is 0.234. The van der Waals surface area contributed by atoms with Crippen LogP contribution in [0.2, 0.25) is 0 Å². The van der Waals surface area contributed by atoms with E-state index in [2.05, 4.69) is 62.8 Å². The molecule has 4 amide bonds. The van der Waals surface area contributed by atoms with E-state index < -0.39 is 0 Å². The van der Waals surface area contributed by atoms with E-state index in [1.165, 1.54) is 154 Å². The van der Waals surface area contributed by atoms with Crippen molar-refractivity contribution in [2.75, 3.05) is 76.6 Å². The van der Waals surface area contributed by atoms with Crippen LogP contribution in [0.4, 0.5) is 21.0 Å². The second-order valence-corrected chi connectivity index (χ2v) is 24.4. The molecule has 0 aliphatic carbocycles. The van der Waals surface area contributed by atoms with Gasteiger partial charge in [0.25, 0.3) is 0 Å². The second kappa shape index (κ2) is 51.7. The Kier molecular flexibility index (Phi) is 43.9. The quantitative estimate of drug-likeness (QED) is 0.0314. The van der Waals surface area contributed by atoms with E-state index in [9.17, 15) is 9.59 Å². The van der Waals surface area contributed by atoms with Crippen molar-refractivity contribution < 1.29 is 47.5 Å². The van der Waals surface area contributed by atoms with Crippen molar-refractivity contribution in [3.05, 3.63) is 60.7 Å². The Hall–Kier alpha value is -5.92. The number of hydrogen-bond acceptors (Lipinski definition) is 10. The Balaban J connectivity index is 1.37. The van der Waals surface area contributed by atoms with Gasteiger partial charge in [-0.05, 0) is 50.7 Å². The molecule has 90 heavy (non-hydrogen) atoms. The molecule has 0 aromatic heterocycles. The molecule has 0 saturated heterocycles. The van der Waals surface area contributed by atoms with Gasteiger partial charge in [0.15, 0.2) is 23.0 Å². The molecule has 14 heteroatoms. The van der Waals surface area contributed by atoms with Gasteiger partial charge in [0.2, 0.25) is 11.5 Å². The molecule has 508 valence electrons. The standard InChI is InChI=1S/C76H124N4O10/c1-7-13-19-25-31-37-51-83-69-59-63(60-70(84-52-38-32-26-20-14-8-2)73(69)89-55-41-35-29-23-17-11-5)79-75(81)77-49-57-87-67-47-43-46-66-65(67)45-44-48-68(66)88-58-50-78-76(82)80-64-61-71(85-53-39-33-27-21-15-9-3)74(90-56-42-36-30-24-18-12-6)72(62-64)86-54-40-34-28-22-16-10-4/h43-48,59-62H,7-42,49-58H2,1-6H3,(H2,77,79,81)(H2,78,80,82). The average Bonchev–Trinajstić information content (AvgIpc) is 0.977. The van der Waals surface area contributed by atoms with Crippen molar-refractivity contribution in [1.29, 1.82) is 0 Å². The maximum Gasteiger partial charge on any atom is 0.319 e. The number of rotatable bonds is 58. The molecule has 0 fully saturated rings. The monoisotopic (exact) mass is 1250 g/mol. The van der Waals surface area contributed by atoms with Crippen molar-refractivity contribution in [3.8, 4) is 46.0 Å². The van der Waals surface area contributed by atoms with Crippen molar-refractivity contribution in [1.82, 2.24) is 10.6 Å². The van der Waals surface area contributed by atoms with Gasteiger partial charge in [-0.25, -0.2) is 9.59 Å². The smallest absolute Gasteiger partial charge is 0.319 e. The van der Waals surface area contributed by atoms with Gasteiger partial charge in [-0.1, -0.05) is 258 Å². The Labute approximate surface area is 545 Å². The fourth-order valence-corrected chi connectivity index (χ4v) is 10.9. The van der Waals surface area contributed by atoms with Crippen molar-refractivity contribution in [2.45, 2.75) is 273 Å². The molecule has 0 aliphatic heterocycles. The lowest BCUT2D eigenvalue weighted by Gasteiger charge is -2.19. The summed E-state index contributed by atoms with van der Waals surface area (Å²) in [4.78, 5) is 27.1. The van der Waals surface area contributed by atoms with E-state index in [0.717, 1.165) is 87.8 Å². The number of carbonyl (C=O) groups excluding carboxylic acids is 2. The number of ether oxygens (including phenoxy) is 8. The zero-order valence-corrected chi connectivity index (χ0v) is 57.4. The largest absolute Gasteiger partial charge is 0.491 e. The number of urea groups is 2. The van der Waals surface area contributed by atoms with E-state index in [-0.39, 0.29) is 38.4 Å². The van der Waals surface area contributed by atoms with E-state index in [0.29, 0.717) is 97.0 Å². The average molecular weight is 1250 g/mol. The zero-order chi connectivity index (χ0) is 64.2. The molecule has 0 saturated carbocycles. The van der Waals surface area contributed by atoms with E-state index in [1.54, 1.807) is 0 Å².